The minimum Gasteiger partial charge on any atom is -0.454 e. The van der Waals surface area contributed by atoms with E-state index < -0.39 is 15.8 Å². The molecular formula is C23H18FN3O5S. The van der Waals surface area contributed by atoms with Crippen LogP contribution in [-0.2, 0) is 16.4 Å². The Morgan fingerprint density at radius 1 is 1.00 bits per heavy atom. The number of halogens is 1. The van der Waals surface area contributed by atoms with E-state index >= 15 is 0 Å². The van der Waals surface area contributed by atoms with Crippen LogP contribution in [0.15, 0.2) is 70.0 Å². The molecule has 1 N–H and O–H groups in total. The lowest BCUT2D eigenvalue weighted by atomic mass is 10.1. The Morgan fingerprint density at radius 2 is 1.85 bits per heavy atom. The van der Waals surface area contributed by atoms with Crippen molar-refractivity contribution < 1.29 is 26.7 Å². The molecule has 1 aliphatic heterocycles. The number of anilines is 1. The van der Waals surface area contributed by atoms with E-state index in [4.69, 9.17) is 13.9 Å². The third kappa shape index (κ3) is 4.37. The molecular weight excluding hydrogens is 449 g/mol. The number of hydrogen-bond acceptors (Lipinski definition) is 7. The molecule has 0 fully saturated rings. The van der Waals surface area contributed by atoms with E-state index in [1.807, 2.05) is 18.2 Å². The lowest BCUT2D eigenvalue weighted by Crippen LogP contribution is -2.14. The van der Waals surface area contributed by atoms with Crippen molar-refractivity contribution in [3.63, 3.8) is 0 Å². The molecule has 0 atom stereocenters. The summed E-state index contributed by atoms with van der Waals surface area (Å²) in [6.45, 7) is 1.80. The minimum absolute atomic E-state index is 0.128. The molecule has 0 saturated heterocycles. The fourth-order valence-corrected chi connectivity index (χ4v) is 4.76. The van der Waals surface area contributed by atoms with E-state index in [1.165, 1.54) is 12.1 Å². The molecule has 0 aliphatic carbocycles. The molecule has 0 saturated carbocycles. The van der Waals surface area contributed by atoms with Gasteiger partial charge in [-0.2, -0.15) is 0 Å². The average molecular weight is 467 g/mol. The van der Waals surface area contributed by atoms with Gasteiger partial charge < -0.3 is 13.9 Å². The Labute approximate surface area is 189 Å². The highest BCUT2D eigenvalue weighted by molar-refractivity contribution is 7.92. The van der Waals surface area contributed by atoms with Crippen molar-refractivity contribution in [3.8, 4) is 23.0 Å². The van der Waals surface area contributed by atoms with Crippen molar-refractivity contribution >= 4 is 15.7 Å². The number of nitrogens with one attached hydrogen (secondary N) is 1. The second kappa shape index (κ2) is 8.21. The molecule has 4 aromatic rings. The second-order valence-electron chi connectivity index (χ2n) is 7.46. The minimum atomic E-state index is -3.98. The molecule has 0 spiro atoms. The topological polar surface area (TPSA) is 104 Å². The van der Waals surface area contributed by atoms with Crippen molar-refractivity contribution in [1.29, 1.82) is 0 Å². The van der Waals surface area contributed by atoms with Crippen molar-refractivity contribution in [2.24, 2.45) is 0 Å². The lowest BCUT2D eigenvalue weighted by molar-refractivity contribution is 0.174. The van der Waals surface area contributed by atoms with Gasteiger partial charge in [0.1, 0.15) is 5.82 Å². The largest absolute Gasteiger partial charge is 0.454 e. The monoisotopic (exact) mass is 467 g/mol. The third-order valence-electron chi connectivity index (χ3n) is 5.06. The van der Waals surface area contributed by atoms with Crippen molar-refractivity contribution in [2.45, 2.75) is 18.2 Å². The Bertz CT molecular complexity index is 1450. The van der Waals surface area contributed by atoms with Gasteiger partial charge in [0.25, 0.3) is 10.0 Å². The predicted octanol–water partition coefficient (Wildman–Crippen LogP) is 4.30. The van der Waals surface area contributed by atoms with E-state index in [-0.39, 0.29) is 23.3 Å². The number of sulfonamides is 1. The number of aromatic nitrogens is 2. The van der Waals surface area contributed by atoms with Crippen LogP contribution >= 0.6 is 0 Å². The first-order valence-corrected chi connectivity index (χ1v) is 11.5. The van der Waals surface area contributed by atoms with Gasteiger partial charge in [0.2, 0.25) is 18.6 Å². The molecule has 5 rings (SSSR count). The van der Waals surface area contributed by atoms with Gasteiger partial charge in [-0.3, -0.25) is 4.72 Å². The normalized spacial score (nSPS) is 12.7. The maximum Gasteiger partial charge on any atom is 0.262 e. The van der Waals surface area contributed by atoms with E-state index in [2.05, 4.69) is 14.9 Å². The molecule has 8 nitrogen and oxygen atoms in total. The van der Waals surface area contributed by atoms with Gasteiger partial charge in [0.05, 0.1) is 11.3 Å². The number of rotatable bonds is 6. The summed E-state index contributed by atoms with van der Waals surface area (Å²) in [6, 6.07) is 15.7. The Balaban J connectivity index is 1.35. The summed E-state index contributed by atoms with van der Waals surface area (Å²) in [4.78, 5) is -0.128. The van der Waals surface area contributed by atoms with Gasteiger partial charge in [-0.25, -0.2) is 12.8 Å². The molecule has 3 aromatic carbocycles. The first kappa shape index (κ1) is 21.0. The predicted molar refractivity (Wildman–Crippen MR) is 117 cm³/mol. The van der Waals surface area contributed by atoms with Gasteiger partial charge in [-0.1, -0.05) is 18.2 Å². The standard InChI is InChI=1S/C23H18FN3O5S/c1-14-5-7-17(24)12-21(14)33(28,29)27-18-4-2-3-16(11-18)23-26-25-22(32-23)10-15-6-8-19-20(9-15)31-13-30-19/h2-9,11-12,27H,10,13H2,1H3. The molecule has 33 heavy (non-hydrogen) atoms. The number of aryl methyl sites for hydroxylation is 1. The molecule has 0 unspecified atom stereocenters. The fraction of sp³-hybridized carbons (Fsp3) is 0.130. The van der Waals surface area contributed by atoms with Crippen molar-refractivity contribution in [1.82, 2.24) is 10.2 Å². The molecule has 0 amide bonds. The maximum absolute atomic E-state index is 13.6. The maximum atomic E-state index is 13.6. The molecule has 168 valence electrons. The van der Waals surface area contributed by atoms with Gasteiger partial charge in [0.15, 0.2) is 11.5 Å². The molecule has 0 radical (unpaired) electrons. The number of hydrogen-bond donors (Lipinski definition) is 1. The van der Waals surface area contributed by atoms with Crippen LogP contribution in [0.2, 0.25) is 0 Å². The van der Waals surface area contributed by atoms with Gasteiger partial charge in [-0.05, 0) is 60.5 Å². The highest BCUT2D eigenvalue weighted by Gasteiger charge is 2.19. The lowest BCUT2D eigenvalue weighted by Gasteiger charge is -2.11. The zero-order valence-electron chi connectivity index (χ0n) is 17.4. The molecule has 10 heteroatoms. The van der Waals surface area contributed by atoms with E-state index in [9.17, 15) is 12.8 Å². The van der Waals surface area contributed by atoms with Crippen LogP contribution in [-0.4, -0.2) is 25.4 Å². The van der Waals surface area contributed by atoms with Gasteiger partial charge in [0, 0.05) is 11.3 Å². The average Bonchev–Trinajstić information content (AvgIpc) is 3.44. The molecule has 1 aromatic heterocycles. The highest BCUT2D eigenvalue weighted by Crippen LogP contribution is 2.33. The van der Waals surface area contributed by atoms with E-state index in [0.29, 0.717) is 34.9 Å². The van der Waals surface area contributed by atoms with Crippen molar-refractivity contribution in [3.05, 3.63) is 83.5 Å². The van der Waals surface area contributed by atoms with Crippen LogP contribution < -0.4 is 14.2 Å². The van der Waals surface area contributed by atoms with Crippen LogP contribution in [0.4, 0.5) is 10.1 Å². The van der Waals surface area contributed by atoms with Crippen LogP contribution in [0.5, 0.6) is 11.5 Å². The molecule has 2 heterocycles. The van der Waals surface area contributed by atoms with E-state index in [0.717, 1.165) is 11.6 Å². The summed E-state index contributed by atoms with van der Waals surface area (Å²) in [5.74, 6) is 1.37. The first-order chi connectivity index (χ1) is 15.9. The summed E-state index contributed by atoms with van der Waals surface area (Å²) >= 11 is 0. The first-order valence-electron chi connectivity index (χ1n) is 9.98. The van der Waals surface area contributed by atoms with Crippen LogP contribution in [0.25, 0.3) is 11.5 Å². The zero-order chi connectivity index (χ0) is 23.0. The Hall–Kier alpha value is -3.92. The highest BCUT2D eigenvalue weighted by atomic mass is 32.2. The summed E-state index contributed by atoms with van der Waals surface area (Å²) < 4.78 is 58.1. The third-order valence-corrected chi connectivity index (χ3v) is 6.58. The van der Waals surface area contributed by atoms with Crippen molar-refractivity contribution in [2.75, 3.05) is 11.5 Å². The smallest absolute Gasteiger partial charge is 0.262 e. The second-order valence-corrected chi connectivity index (χ2v) is 9.11. The molecule has 1 aliphatic rings. The fourth-order valence-electron chi connectivity index (χ4n) is 3.46. The van der Waals surface area contributed by atoms with E-state index in [1.54, 1.807) is 31.2 Å². The SMILES string of the molecule is Cc1ccc(F)cc1S(=O)(=O)Nc1cccc(-c2nnc(Cc3ccc4c(c3)OCO4)o2)c1. The van der Waals surface area contributed by atoms with Gasteiger partial charge >= 0.3 is 0 Å². The Kier molecular flexibility index (Phi) is 5.21. The number of ether oxygens (including phenoxy) is 2. The van der Waals surface area contributed by atoms with Gasteiger partial charge in [-0.15, -0.1) is 10.2 Å². The van der Waals surface area contributed by atoms with Crippen LogP contribution in [0.3, 0.4) is 0 Å². The Morgan fingerprint density at radius 3 is 2.73 bits per heavy atom. The number of benzene rings is 3. The van der Waals surface area contributed by atoms with Crippen LogP contribution in [0, 0.1) is 12.7 Å². The summed E-state index contributed by atoms with van der Waals surface area (Å²) in [5.41, 5.74) is 2.17. The quantitative estimate of drug-likeness (QED) is 0.451. The van der Waals surface area contributed by atoms with Crippen LogP contribution in [0.1, 0.15) is 17.0 Å². The number of nitrogens with zero attached hydrogens (tertiary/aromatic N) is 2. The summed E-state index contributed by atoms with van der Waals surface area (Å²) in [5, 5.41) is 8.16. The summed E-state index contributed by atoms with van der Waals surface area (Å²) in [6.07, 6.45) is 0.398. The summed E-state index contributed by atoms with van der Waals surface area (Å²) in [7, 11) is -3.98. The zero-order valence-corrected chi connectivity index (χ0v) is 18.2. The molecule has 0 bridgehead atoms. The number of fused-ring (bicyclic) bond motifs is 1.